The average Bonchev–Trinajstić information content (AvgIpc) is 1.88. The minimum atomic E-state index is 0.121. The van der Waals surface area contributed by atoms with Crippen molar-refractivity contribution in [3.8, 4) is 0 Å². The van der Waals surface area contributed by atoms with Crippen LogP contribution in [0.5, 0.6) is 0 Å². The van der Waals surface area contributed by atoms with Crippen molar-refractivity contribution >= 4 is 0 Å². The molecule has 0 aromatic heterocycles. The summed E-state index contributed by atoms with van der Waals surface area (Å²) in [5, 5.41) is 8.65. The molecule has 48 valence electrons. The molecule has 0 saturated heterocycles. The highest BCUT2D eigenvalue weighted by molar-refractivity contribution is 5.34. The van der Waals surface area contributed by atoms with Gasteiger partial charge in [0.25, 0.3) is 0 Å². The molecule has 0 atom stereocenters. The van der Waals surface area contributed by atoms with Gasteiger partial charge in [0.1, 0.15) is 0 Å². The Morgan fingerprint density at radius 3 is 2.89 bits per heavy atom. The fourth-order valence-corrected chi connectivity index (χ4v) is 0.829. The van der Waals surface area contributed by atoms with Gasteiger partial charge in [-0.2, -0.15) is 0 Å². The first-order valence-electron chi connectivity index (χ1n) is 2.98. The van der Waals surface area contributed by atoms with E-state index in [1.165, 1.54) is 0 Å². The van der Waals surface area contributed by atoms with Crippen LogP contribution in [0.2, 0.25) is 0 Å². The molecule has 0 spiro atoms. The smallest absolute Gasteiger partial charge is 0.0681 e. The van der Waals surface area contributed by atoms with E-state index in [9.17, 15) is 0 Å². The largest absolute Gasteiger partial charge is 0.392 e. The lowest BCUT2D eigenvalue weighted by Crippen LogP contribution is -1.91. The first-order valence-corrected chi connectivity index (χ1v) is 2.98. The molecule has 1 heteroatoms. The van der Waals surface area contributed by atoms with Gasteiger partial charge in [0.15, 0.2) is 0 Å². The van der Waals surface area contributed by atoms with Crippen molar-refractivity contribution in [3.63, 3.8) is 0 Å². The van der Waals surface area contributed by atoms with Gasteiger partial charge in [-0.05, 0) is 12.0 Å². The summed E-state index contributed by atoms with van der Waals surface area (Å²) in [5.74, 6) is 0. The summed E-state index contributed by atoms with van der Waals surface area (Å²) >= 11 is 0. The van der Waals surface area contributed by atoms with E-state index in [4.69, 9.17) is 5.11 Å². The van der Waals surface area contributed by atoms with Crippen LogP contribution < -0.4 is 0 Å². The molecule has 0 aliphatic heterocycles. The molecule has 0 heterocycles. The monoisotopic (exact) mass is 122 g/mol. The SMILES string of the molecule is C=C1C=C(CO)C=CC1. The van der Waals surface area contributed by atoms with Crippen molar-refractivity contribution in [3.05, 3.63) is 36.0 Å². The van der Waals surface area contributed by atoms with Gasteiger partial charge in [-0.25, -0.2) is 0 Å². The number of hydrogen-bond donors (Lipinski definition) is 1. The summed E-state index contributed by atoms with van der Waals surface area (Å²) < 4.78 is 0. The first-order chi connectivity index (χ1) is 4.33. The van der Waals surface area contributed by atoms with E-state index in [1.54, 1.807) is 0 Å². The van der Waals surface area contributed by atoms with Crippen LogP contribution in [0, 0.1) is 0 Å². The zero-order valence-corrected chi connectivity index (χ0v) is 5.30. The third kappa shape index (κ3) is 1.54. The third-order valence-electron chi connectivity index (χ3n) is 1.28. The lowest BCUT2D eigenvalue weighted by atomic mass is 10.0. The normalized spacial score (nSPS) is 17.9. The second kappa shape index (κ2) is 2.65. The van der Waals surface area contributed by atoms with E-state index in [0.29, 0.717) is 0 Å². The molecular formula is C8H10O. The topological polar surface area (TPSA) is 20.2 Å². The average molecular weight is 122 g/mol. The summed E-state index contributed by atoms with van der Waals surface area (Å²) in [6, 6.07) is 0. The zero-order valence-electron chi connectivity index (χ0n) is 5.30. The van der Waals surface area contributed by atoms with E-state index >= 15 is 0 Å². The number of allylic oxidation sites excluding steroid dienone is 3. The molecule has 1 aliphatic carbocycles. The fourth-order valence-electron chi connectivity index (χ4n) is 0.829. The molecule has 0 amide bonds. The van der Waals surface area contributed by atoms with Crippen LogP contribution in [0.25, 0.3) is 0 Å². The summed E-state index contributed by atoms with van der Waals surface area (Å²) in [6.07, 6.45) is 6.77. The molecule has 1 aliphatic rings. The Hall–Kier alpha value is -0.820. The predicted octanol–water partition coefficient (Wildman–Crippen LogP) is 1.42. The van der Waals surface area contributed by atoms with Crippen LogP contribution in [0.15, 0.2) is 36.0 Å². The van der Waals surface area contributed by atoms with Crippen molar-refractivity contribution in [2.75, 3.05) is 6.61 Å². The number of rotatable bonds is 1. The summed E-state index contributed by atoms with van der Waals surface area (Å²) in [5.41, 5.74) is 2.02. The molecule has 1 nitrogen and oxygen atoms in total. The molecule has 0 unspecified atom stereocenters. The van der Waals surface area contributed by atoms with Crippen molar-refractivity contribution in [2.45, 2.75) is 6.42 Å². The van der Waals surface area contributed by atoms with Gasteiger partial charge >= 0.3 is 0 Å². The molecule has 1 N–H and O–H groups in total. The Bertz CT molecular complexity index is 175. The standard InChI is InChI=1S/C8H10O/c1-7-3-2-4-8(5-7)6-9/h2,4-5,9H,1,3,6H2. The highest BCUT2D eigenvalue weighted by Gasteiger charge is 1.96. The second-order valence-corrected chi connectivity index (χ2v) is 2.14. The maximum atomic E-state index is 8.65. The predicted molar refractivity (Wildman–Crippen MR) is 38.1 cm³/mol. The molecule has 0 aromatic carbocycles. The van der Waals surface area contributed by atoms with Gasteiger partial charge in [-0.15, -0.1) is 0 Å². The summed E-state index contributed by atoms with van der Waals surface area (Å²) in [7, 11) is 0. The van der Waals surface area contributed by atoms with Gasteiger partial charge in [-0.3, -0.25) is 0 Å². The maximum absolute atomic E-state index is 8.65. The number of hydrogen-bond acceptors (Lipinski definition) is 1. The molecule has 1 rings (SSSR count). The van der Waals surface area contributed by atoms with Gasteiger partial charge in [0.2, 0.25) is 0 Å². The minimum absolute atomic E-state index is 0.121. The summed E-state index contributed by atoms with van der Waals surface area (Å²) in [6.45, 7) is 3.89. The van der Waals surface area contributed by atoms with E-state index in [1.807, 2.05) is 18.2 Å². The van der Waals surface area contributed by atoms with E-state index in [-0.39, 0.29) is 6.61 Å². The Morgan fingerprint density at radius 1 is 1.67 bits per heavy atom. The minimum Gasteiger partial charge on any atom is -0.392 e. The van der Waals surface area contributed by atoms with Crippen LogP contribution in [-0.2, 0) is 0 Å². The van der Waals surface area contributed by atoms with E-state index in [2.05, 4.69) is 6.58 Å². The lowest BCUT2D eigenvalue weighted by Gasteiger charge is -2.03. The van der Waals surface area contributed by atoms with Crippen LogP contribution in [-0.4, -0.2) is 11.7 Å². The zero-order chi connectivity index (χ0) is 6.69. The lowest BCUT2D eigenvalue weighted by molar-refractivity contribution is 0.334. The second-order valence-electron chi connectivity index (χ2n) is 2.14. The van der Waals surface area contributed by atoms with Crippen LogP contribution >= 0.6 is 0 Å². The van der Waals surface area contributed by atoms with Gasteiger partial charge in [0, 0.05) is 0 Å². The van der Waals surface area contributed by atoms with Crippen LogP contribution in [0.4, 0.5) is 0 Å². The maximum Gasteiger partial charge on any atom is 0.0681 e. The van der Waals surface area contributed by atoms with Crippen molar-refractivity contribution in [2.24, 2.45) is 0 Å². The van der Waals surface area contributed by atoms with Crippen LogP contribution in [0.3, 0.4) is 0 Å². The Morgan fingerprint density at radius 2 is 2.44 bits per heavy atom. The molecular weight excluding hydrogens is 112 g/mol. The fraction of sp³-hybridized carbons (Fsp3) is 0.250. The van der Waals surface area contributed by atoms with Crippen molar-refractivity contribution in [1.82, 2.24) is 0 Å². The third-order valence-corrected chi connectivity index (χ3v) is 1.28. The molecule has 0 saturated carbocycles. The molecule has 0 bridgehead atoms. The van der Waals surface area contributed by atoms with Crippen molar-refractivity contribution < 1.29 is 5.11 Å². The Labute approximate surface area is 55.0 Å². The molecule has 0 radical (unpaired) electrons. The summed E-state index contributed by atoms with van der Waals surface area (Å²) in [4.78, 5) is 0. The quantitative estimate of drug-likeness (QED) is 0.557. The van der Waals surface area contributed by atoms with Gasteiger partial charge in [-0.1, -0.05) is 30.4 Å². The van der Waals surface area contributed by atoms with Gasteiger partial charge in [0.05, 0.1) is 6.61 Å². The van der Waals surface area contributed by atoms with E-state index in [0.717, 1.165) is 17.6 Å². The highest BCUT2D eigenvalue weighted by atomic mass is 16.3. The number of aliphatic hydroxyl groups is 1. The van der Waals surface area contributed by atoms with E-state index < -0.39 is 0 Å². The Kier molecular flexibility index (Phi) is 1.85. The number of aliphatic hydroxyl groups excluding tert-OH is 1. The molecule has 9 heavy (non-hydrogen) atoms. The van der Waals surface area contributed by atoms with Crippen molar-refractivity contribution in [1.29, 1.82) is 0 Å². The Balaban J connectivity index is 2.70. The van der Waals surface area contributed by atoms with Crippen LogP contribution in [0.1, 0.15) is 6.42 Å². The highest BCUT2D eigenvalue weighted by Crippen LogP contribution is 2.12. The molecule has 0 aromatic rings. The molecule has 0 fully saturated rings. The first kappa shape index (κ1) is 6.30. The van der Waals surface area contributed by atoms with Gasteiger partial charge < -0.3 is 5.11 Å².